The third-order valence-corrected chi connectivity index (χ3v) is 2.90. The van der Waals surface area contributed by atoms with Crippen LogP contribution in [-0.4, -0.2) is 17.7 Å². The molecule has 1 atom stereocenters. The minimum absolute atomic E-state index is 0.170. The Bertz CT molecular complexity index is 379. The number of esters is 1. The highest BCUT2D eigenvalue weighted by Gasteiger charge is 2.22. The van der Waals surface area contributed by atoms with Crippen molar-refractivity contribution in [2.45, 2.75) is 46.1 Å². The van der Waals surface area contributed by atoms with E-state index in [0.29, 0.717) is 13.0 Å². The molecule has 3 heteroatoms. The Labute approximate surface area is 115 Å². The number of benzene rings is 1. The van der Waals surface area contributed by atoms with Crippen molar-refractivity contribution in [1.29, 1.82) is 0 Å². The predicted molar refractivity (Wildman–Crippen MR) is 75.7 cm³/mol. The number of aliphatic hydroxyl groups excluding tert-OH is 1. The van der Waals surface area contributed by atoms with Gasteiger partial charge in [-0.25, -0.2) is 0 Å². The molecule has 0 aliphatic rings. The molecule has 0 radical (unpaired) electrons. The van der Waals surface area contributed by atoms with Crippen LogP contribution in [0.3, 0.4) is 0 Å². The van der Waals surface area contributed by atoms with Crippen LogP contribution in [0.15, 0.2) is 30.3 Å². The van der Waals surface area contributed by atoms with Gasteiger partial charge in [0, 0.05) is 0 Å². The summed E-state index contributed by atoms with van der Waals surface area (Å²) in [5.41, 5.74) is 0.498. The van der Waals surface area contributed by atoms with Gasteiger partial charge < -0.3 is 9.84 Å². The van der Waals surface area contributed by atoms with Crippen molar-refractivity contribution in [1.82, 2.24) is 0 Å². The van der Waals surface area contributed by atoms with Crippen LogP contribution in [0.1, 0.15) is 51.7 Å². The highest BCUT2D eigenvalue weighted by atomic mass is 16.5. The molecule has 0 spiro atoms. The van der Waals surface area contributed by atoms with Gasteiger partial charge >= 0.3 is 5.97 Å². The number of aliphatic hydroxyl groups is 1. The molecule has 0 aliphatic carbocycles. The van der Waals surface area contributed by atoms with Gasteiger partial charge in [-0.3, -0.25) is 4.79 Å². The van der Waals surface area contributed by atoms with Gasteiger partial charge in [-0.15, -0.1) is 0 Å². The molecule has 0 saturated heterocycles. The lowest BCUT2D eigenvalue weighted by Crippen LogP contribution is -2.23. The van der Waals surface area contributed by atoms with E-state index in [9.17, 15) is 9.90 Å². The Kier molecular flexibility index (Phi) is 6.03. The van der Waals surface area contributed by atoms with Crippen molar-refractivity contribution < 1.29 is 14.6 Å². The highest BCUT2D eigenvalue weighted by molar-refractivity contribution is 5.75. The van der Waals surface area contributed by atoms with Gasteiger partial charge in [0.05, 0.1) is 18.1 Å². The van der Waals surface area contributed by atoms with Crippen LogP contribution >= 0.6 is 0 Å². The van der Waals surface area contributed by atoms with Crippen LogP contribution in [0.25, 0.3) is 0 Å². The van der Waals surface area contributed by atoms with Crippen LogP contribution in [0, 0.1) is 5.41 Å². The van der Waals surface area contributed by atoms with E-state index < -0.39 is 11.5 Å². The summed E-state index contributed by atoms with van der Waals surface area (Å²) in [6.45, 7) is 5.95. The third kappa shape index (κ3) is 5.88. The molecule has 0 fully saturated rings. The first-order chi connectivity index (χ1) is 8.91. The van der Waals surface area contributed by atoms with Gasteiger partial charge in [0.1, 0.15) is 0 Å². The standard InChI is InChI=1S/C16H24O3/c1-16(2,3)15(18)19-12-8-7-11-14(17)13-9-5-4-6-10-13/h4-6,9-10,14,17H,7-8,11-12H2,1-3H3/t14-/m0/s1. The maximum Gasteiger partial charge on any atom is 0.311 e. The molecular formula is C16H24O3. The molecular weight excluding hydrogens is 240 g/mol. The molecule has 1 N–H and O–H groups in total. The highest BCUT2D eigenvalue weighted by Crippen LogP contribution is 2.19. The Balaban J connectivity index is 2.16. The number of carbonyl (C=O) groups is 1. The molecule has 0 unspecified atom stereocenters. The van der Waals surface area contributed by atoms with Crippen LogP contribution in [-0.2, 0) is 9.53 Å². The first-order valence-corrected chi connectivity index (χ1v) is 6.81. The average Bonchev–Trinajstić information content (AvgIpc) is 2.37. The molecule has 1 aromatic carbocycles. The van der Waals surface area contributed by atoms with Crippen molar-refractivity contribution in [2.24, 2.45) is 5.41 Å². The van der Waals surface area contributed by atoms with Crippen molar-refractivity contribution in [2.75, 3.05) is 6.61 Å². The van der Waals surface area contributed by atoms with E-state index in [1.54, 1.807) is 0 Å². The molecule has 0 saturated carbocycles. The largest absolute Gasteiger partial charge is 0.465 e. The summed E-state index contributed by atoms with van der Waals surface area (Å²) in [6.07, 6.45) is 1.88. The van der Waals surface area contributed by atoms with Crippen LogP contribution in [0.5, 0.6) is 0 Å². The van der Waals surface area contributed by atoms with E-state index in [2.05, 4.69) is 0 Å². The number of rotatable bonds is 6. The van der Waals surface area contributed by atoms with Gasteiger partial charge in [0.2, 0.25) is 0 Å². The second-order valence-corrected chi connectivity index (χ2v) is 5.81. The summed E-state index contributed by atoms with van der Waals surface area (Å²) < 4.78 is 5.17. The molecule has 19 heavy (non-hydrogen) atoms. The third-order valence-electron chi connectivity index (χ3n) is 2.90. The topological polar surface area (TPSA) is 46.5 Å². The summed E-state index contributed by atoms with van der Waals surface area (Å²) >= 11 is 0. The van der Waals surface area contributed by atoms with Crippen molar-refractivity contribution >= 4 is 5.97 Å². The van der Waals surface area contributed by atoms with Crippen molar-refractivity contribution in [3.8, 4) is 0 Å². The number of unbranched alkanes of at least 4 members (excludes halogenated alkanes) is 1. The first kappa shape index (κ1) is 15.7. The smallest absolute Gasteiger partial charge is 0.311 e. The van der Waals surface area contributed by atoms with Gasteiger partial charge in [0.15, 0.2) is 0 Å². The average molecular weight is 264 g/mol. The quantitative estimate of drug-likeness (QED) is 0.632. The fourth-order valence-electron chi connectivity index (χ4n) is 1.66. The molecule has 106 valence electrons. The fraction of sp³-hybridized carbons (Fsp3) is 0.562. The molecule has 0 amide bonds. The Morgan fingerprint density at radius 3 is 2.42 bits per heavy atom. The van der Waals surface area contributed by atoms with E-state index in [1.165, 1.54) is 0 Å². The zero-order valence-electron chi connectivity index (χ0n) is 12.1. The Hall–Kier alpha value is -1.35. The lowest BCUT2D eigenvalue weighted by molar-refractivity contribution is -0.153. The van der Waals surface area contributed by atoms with E-state index in [-0.39, 0.29) is 5.97 Å². The minimum atomic E-state index is -0.441. The van der Waals surface area contributed by atoms with Crippen LogP contribution in [0.4, 0.5) is 0 Å². The summed E-state index contributed by atoms with van der Waals surface area (Å²) in [6, 6.07) is 9.62. The lowest BCUT2D eigenvalue weighted by atomic mass is 9.97. The van der Waals surface area contributed by atoms with E-state index >= 15 is 0 Å². The lowest BCUT2D eigenvalue weighted by Gasteiger charge is -2.16. The van der Waals surface area contributed by atoms with Gasteiger partial charge in [-0.05, 0) is 45.6 Å². The monoisotopic (exact) mass is 264 g/mol. The first-order valence-electron chi connectivity index (χ1n) is 6.81. The molecule has 3 nitrogen and oxygen atoms in total. The number of hydrogen-bond donors (Lipinski definition) is 1. The number of carbonyl (C=O) groups excluding carboxylic acids is 1. The van der Waals surface area contributed by atoms with Crippen LogP contribution < -0.4 is 0 Å². The van der Waals surface area contributed by atoms with E-state index in [1.807, 2.05) is 51.1 Å². The summed E-state index contributed by atoms with van der Waals surface area (Å²) in [5.74, 6) is -0.170. The second kappa shape index (κ2) is 7.29. The molecule has 0 bridgehead atoms. The summed E-state index contributed by atoms with van der Waals surface area (Å²) in [4.78, 5) is 11.5. The summed E-state index contributed by atoms with van der Waals surface area (Å²) in [7, 11) is 0. The zero-order valence-corrected chi connectivity index (χ0v) is 12.1. The van der Waals surface area contributed by atoms with E-state index in [4.69, 9.17) is 4.74 Å². The van der Waals surface area contributed by atoms with E-state index in [0.717, 1.165) is 18.4 Å². The minimum Gasteiger partial charge on any atom is -0.465 e. The van der Waals surface area contributed by atoms with Crippen LogP contribution in [0.2, 0.25) is 0 Å². The number of ether oxygens (including phenoxy) is 1. The molecule has 1 rings (SSSR count). The second-order valence-electron chi connectivity index (χ2n) is 5.81. The predicted octanol–water partition coefficient (Wildman–Crippen LogP) is 3.48. The molecule has 0 aromatic heterocycles. The zero-order chi connectivity index (χ0) is 14.3. The maximum absolute atomic E-state index is 11.5. The SMILES string of the molecule is CC(C)(C)C(=O)OCCCC[C@H](O)c1ccccc1. The van der Waals surface area contributed by atoms with Crippen molar-refractivity contribution in [3.63, 3.8) is 0 Å². The van der Waals surface area contributed by atoms with Gasteiger partial charge in [0.25, 0.3) is 0 Å². The maximum atomic E-state index is 11.5. The van der Waals surface area contributed by atoms with Crippen molar-refractivity contribution in [3.05, 3.63) is 35.9 Å². The van der Waals surface area contributed by atoms with Gasteiger partial charge in [-0.1, -0.05) is 30.3 Å². The van der Waals surface area contributed by atoms with Gasteiger partial charge in [-0.2, -0.15) is 0 Å². The molecule has 0 heterocycles. The molecule has 0 aliphatic heterocycles. The summed E-state index contributed by atoms with van der Waals surface area (Å²) in [5, 5.41) is 9.95. The fourth-order valence-corrected chi connectivity index (χ4v) is 1.66. The normalized spacial score (nSPS) is 13.1. The Morgan fingerprint density at radius 1 is 1.21 bits per heavy atom. The number of hydrogen-bond acceptors (Lipinski definition) is 3. The molecule has 1 aromatic rings. The Morgan fingerprint density at radius 2 is 1.84 bits per heavy atom.